The van der Waals surface area contributed by atoms with E-state index in [0.717, 1.165) is 117 Å². The number of anilines is 8. The number of phenols is 3. The van der Waals surface area contributed by atoms with E-state index >= 15 is 0 Å². The summed E-state index contributed by atoms with van der Waals surface area (Å²) in [5.41, 5.74) is 21.9. The molecule has 0 saturated heterocycles. The molecule has 18 rings (SSSR count). The van der Waals surface area contributed by atoms with Gasteiger partial charge in [0.2, 0.25) is 0 Å². The first-order valence-corrected chi connectivity index (χ1v) is 27.1. The van der Waals surface area contributed by atoms with Gasteiger partial charge < -0.3 is 48.5 Å². The Morgan fingerprint density at radius 1 is 0.333 bits per heavy atom. The molecule has 0 aliphatic carbocycles. The fraction of sp³-hybridized carbons (Fsp3) is 0. The number of benzene rings is 11. The van der Waals surface area contributed by atoms with Crippen LogP contribution in [-0.4, -0.2) is 51.7 Å². The zero-order valence-corrected chi connectivity index (χ0v) is 42.9. The van der Waals surface area contributed by atoms with Crippen LogP contribution in [0.15, 0.2) is 212 Å². The number of fused-ring (bicyclic) bond motifs is 9. The second-order valence-electron chi connectivity index (χ2n) is 21.3. The van der Waals surface area contributed by atoms with Crippen LogP contribution in [0.2, 0.25) is 0 Å². The lowest BCUT2D eigenvalue weighted by atomic mass is 9.48. The highest BCUT2D eigenvalue weighted by molar-refractivity contribution is 6.89. The molecule has 0 fully saturated rings. The van der Waals surface area contributed by atoms with Gasteiger partial charge in [0.05, 0.1) is 0 Å². The molecule has 10 nitrogen and oxygen atoms in total. The molecule has 373 valence electrons. The normalized spacial score (nSPS) is 14.3. The SMILES string of the molecule is Oc1ccccc1-c1ccc(O)c2c1[B]Oc1cc3c4c(c1-2)[B]N(c1ccccc1)c1cc2c5c(c1-4)B(N3c1ccccc1)N(c1ccccc1)c1cc3c(c(c1-5)[B]N2c1ccccc1)-c1c(O)ccc2c1B(Oc1ccccc1-2)O3. The van der Waals surface area contributed by atoms with Crippen LogP contribution in [0, 0.1) is 0 Å². The zero-order valence-electron chi connectivity index (χ0n) is 42.9. The van der Waals surface area contributed by atoms with Gasteiger partial charge in [-0.05, 0) is 112 Å². The minimum Gasteiger partial charge on any atom is -0.557 e. The lowest BCUT2D eigenvalue weighted by Crippen LogP contribution is -2.65. The fourth-order valence-electron chi connectivity index (χ4n) is 14.0. The van der Waals surface area contributed by atoms with Gasteiger partial charge in [-0.2, -0.15) is 0 Å². The standard InChI is InChI=1S/C66H38B5N4O6/c76-48-27-15-13-25-40(48)42-29-31-49(77)58-60-52(79-69-62(42)58)34-46-54-56-44(72(67-63(54)60)36-17-5-1-6-18-36)33-45-57-55-47(75(39-23-11-4-12-24-39)70(66(56)57)74(46)38-21-9-3-10-22-38)35-53-61(64(55)68-73(45)37-19-7-2-8-20-37)59-50(78)32-30-43-41-26-14-16-28-51(41)80-71(81-53)65(43)59/h1-35,76-78H. The van der Waals surface area contributed by atoms with Gasteiger partial charge in [0.1, 0.15) is 34.5 Å². The molecule has 11 aromatic carbocycles. The first kappa shape index (κ1) is 44.7. The van der Waals surface area contributed by atoms with E-state index in [2.05, 4.69) is 161 Å². The first-order valence-electron chi connectivity index (χ1n) is 27.1. The van der Waals surface area contributed by atoms with Gasteiger partial charge in [0, 0.05) is 119 Å². The predicted octanol–water partition coefficient (Wildman–Crippen LogP) is 10.7. The van der Waals surface area contributed by atoms with Crippen molar-refractivity contribution in [2.75, 3.05) is 19.2 Å². The van der Waals surface area contributed by atoms with Gasteiger partial charge in [0.25, 0.3) is 14.8 Å². The van der Waals surface area contributed by atoms with Crippen molar-refractivity contribution in [1.29, 1.82) is 0 Å². The monoisotopic (exact) mass is 1040 g/mol. The predicted molar refractivity (Wildman–Crippen MR) is 327 cm³/mol. The van der Waals surface area contributed by atoms with Crippen molar-refractivity contribution in [2.24, 2.45) is 0 Å². The van der Waals surface area contributed by atoms with E-state index in [1.54, 1.807) is 31.7 Å². The minimum absolute atomic E-state index is 0.0874. The smallest absolute Gasteiger partial charge is 0.557 e. The highest BCUT2D eigenvalue weighted by Crippen LogP contribution is 2.60. The van der Waals surface area contributed by atoms with Gasteiger partial charge in [-0.1, -0.05) is 121 Å². The summed E-state index contributed by atoms with van der Waals surface area (Å²) >= 11 is 0. The molecule has 0 spiro atoms. The molecule has 0 saturated carbocycles. The molecule has 7 heterocycles. The quantitative estimate of drug-likeness (QED) is 0.145. The molecule has 0 unspecified atom stereocenters. The van der Waals surface area contributed by atoms with Crippen LogP contribution < -0.4 is 60.5 Å². The molecule has 0 atom stereocenters. The number of rotatable bonds is 5. The summed E-state index contributed by atoms with van der Waals surface area (Å²) in [4.78, 5) is 9.51. The molecule has 3 radical (unpaired) electrons. The van der Waals surface area contributed by atoms with Gasteiger partial charge in [-0.25, -0.2) is 0 Å². The van der Waals surface area contributed by atoms with Crippen LogP contribution >= 0.6 is 0 Å². The molecule has 7 aliphatic rings. The van der Waals surface area contributed by atoms with Gasteiger partial charge in [-0.15, -0.1) is 0 Å². The molecule has 0 aromatic heterocycles. The third-order valence-electron chi connectivity index (χ3n) is 17.2. The Bertz CT molecular complexity index is 4580. The van der Waals surface area contributed by atoms with E-state index in [1.807, 2.05) is 60.7 Å². The number of phenolic OH excluding ortho intramolecular Hbond substituents is 3. The van der Waals surface area contributed by atoms with Crippen LogP contribution in [0.5, 0.6) is 34.5 Å². The minimum atomic E-state index is -0.838. The third kappa shape index (κ3) is 6.01. The van der Waals surface area contributed by atoms with Gasteiger partial charge in [-0.3, -0.25) is 0 Å². The first-order chi connectivity index (χ1) is 40.0. The summed E-state index contributed by atoms with van der Waals surface area (Å²) in [6.45, 7) is -0.545. The second kappa shape index (κ2) is 16.4. The maximum atomic E-state index is 12.5. The molecule has 0 bridgehead atoms. The Labute approximate surface area is 469 Å². The largest absolute Gasteiger partial charge is 0.634 e. The summed E-state index contributed by atoms with van der Waals surface area (Å²) < 4.78 is 21.0. The summed E-state index contributed by atoms with van der Waals surface area (Å²) in [5.74, 6) is 2.21. The van der Waals surface area contributed by atoms with E-state index in [4.69, 9.17) is 14.0 Å². The number of nitrogens with zero attached hydrogens (tertiary/aromatic N) is 4. The number of para-hydroxylation sites is 6. The van der Waals surface area contributed by atoms with Crippen molar-refractivity contribution < 1.29 is 29.3 Å². The van der Waals surface area contributed by atoms with Crippen LogP contribution in [0.25, 0.3) is 66.8 Å². The average molecular weight is 1040 g/mol. The van der Waals surface area contributed by atoms with Crippen molar-refractivity contribution in [3.63, 3.8) is 0 Å². The van der Waals surface area contributed by atoms with Crippen LogP contribution in [0.3, 0.4) is 0 Å². The second-order valence-corrected chi connectivity index (χ2v) is 21.3. The lowest BCUT2D eigenvalue weighted by Gasteiger charge is -2.53. The summed E-state index contributed by atoms with van der Waals surface area (Å²) in [7, 11) is 5.32. The number of aromatic hydroxyl groups is 3. The Morgan fingerprint density at radius 2 is 0.827 bits per heavy atom. The highest BCUT2D eigenvalue weighted by atomic mass is 16.6. The van der Waals surface area contributed by atoms with Crippen molar-refractivity contribution in [1.82, 2.24) is 0 Å². The molecule has 11 aromatic rings. The zero-order chi connectivity index (χ0) is 53.4. The van der Waals surface area contributed by atoms with E-state index in [9.17, 15) is 15.3 Å². The fourth-order valence-corrected chi connectivity index (χ4v) is 14.0. The summed E-state index contributed by atoms with van der Waals surface area (Å²) in [5, 5.41) is 36.1. The summed E-state index contributed by atoms with van der Waals surface area (Å²) in [6.07, 6.45) is 0. The topological polar surface area (TPSA) is 101 Å². The van der Waals surface area contributed by atoms with Crippen molar-refractivity contribution >= 4 is 109 Å². The van der Waals surface area contributed by atoms with Crippen LogP contribution in [0.1, 0.15) is 0 Å². The van der Waals surface area contributed by atoms with Crippen molar-refractivity contribution in [2.45, 2.75) is 0 Å². The average Bonchev–Trinajstić information content (AvgIpc) is 1.37. The summed E-state index contributed by atoms with van der Waals surface area (Å²) in [6, 6.07) is 71.3. The van der Waals surface area contributed by atoms with Gasteiger partial charge >= 0.3 is 21.6 Å². The van der Waals surface area contributed by atoms with E-state index in [1.165, 1.54) is 0 Å². The molecule has 15 heteroatoms. The van der Waals surface area contributed by atoms with Crippen LogP contribution in [0.4, 0.5) is 45.5 Å². The lowest BCUT2D eigenvalue weighted by molar-refractivity contribution is 0.433. The van der Waals surface area contributed by atoms with E-state index in [0.29, 0.717) is 39.4 Å². The third-order valence-corrected chi connectivity index (χ3v) is 17.2. The maximum absolute atomic E-state index is 12.5. The van der Waals surface area contributed by atoms with E-state index in [-0.39, 0.29) is 17.2 Å². The highest BCUT2D eigenvalue weighted by Gasteiger charge is 2.55. The molecule has 7 aliphatic heterocycles. The van der Waals surface area contributed by atoms with Gasteiger partial charge in [0.15, 0.2) is 0 Å². The number of hydrogen-bond donors (Lipinski definition) is 3. The van der Waals surface area contributed by atoms with E-state index < -0.39 is 14.1 Å². The Morgan fingerprint density at radius 3 is 1.43 bits per heavy atom. The van der Waals surface area contributed by atoms with Crippen molar-refractivity contribution in [3.05, 3.63) is 212 Å². The maximum Gasteiger partial charge on any atom is 0.634 e. The Hall–Kier alpha value is -10.3. The molecular weight excluding hydrogens is 999 g/mol. The number of hydrogen-bond acceptors (Lipinski definition) is 10. The Kier molecular flexibility index (Phi) is 9.05. The molecule has 0 amide bonds. The van der Waals surface area contributed by atoms with Crippen LogP contribution in [-0.2, 0) is 0 Å². The Balaban J connectivity index is 1.02. The molecule has 3 N–H and O–H groups in total. The molecule has 81 heavy (non-hydrogen) atoms. The van der Waals surface area contributed by atoms with Crippen molar-refractivity contribution in [3.8, 4) is 101 Å². The molecular formula is C66H38B5N4O6.